The van der Waals surface area contributed by atoms with Gasteiger partial charge in [-0.1, -0.05) is 6.07 Å². The predicted molar refractivity (Wildman–Crippen MR) is 108 cm³/mol. The highest BCUT2D eigenvalue weighted by atomic mass is 19.3. The van der Waals surface area contributed by atoms with Gasteiger partial charge in [0.2, 0.25) is 17.7 Å². The quantitative estimate of drug-likeness (QED) is 0.665. The van der Waals surface area contributed by atoms with Crippen LogP contribution in [0.5, 0.6) is 5.88 Å². The smallest absolute Gasteiger partial charge is 0.290 e. The van der Waals surface area contributed by atoms with E-state index in [1.165, 1.54) is 11.9 Å². The molecule has 13 heteroatoms. The molecule has 1 aromatic carbocycles. The summed E-state index contributed by atoms with van der Waals surface area (Å²) in [5.41, 5.74) is -1.39. The number of amides is 1. The molecule has 3 rings (SSSR count). The van der Waals surface area contributed by atoms with E-state index >= 15 is 0 Å². The summed E-state index contributed by atoms with van der Waals surface area (Å²) < 4.78 is 75.2. The Morgan fingerprint density at radius 3 is 2.55 bits per heavy atom. The summed E-state index contributed by atoms with van der Waals surface area (Å²) in [4.78, 5) is 22.8. The number of benzene rings is 1. The Morgan fingerprint density at radius 1 is 1.24 bits per heavy atom. The molecule has 1 fully saturated rings. The molecule has 1 atom stereocenters. The summed E-state index contributed by atoms with van der Waals surface area (Å²) in [6.07, 6.45) is 0. The third kappa shape index (κ3) is 4.96. The van der Waals surface area contributed by atoms with Gasteiger partial charge in [0.25, 0.3) is 11.8 Å². The maximum absolute atomic E-state index is 14.6. The number of rotatable bonds is 4. The number of nitrogens with zero attached hydrogens (tertiary/aromatic N) is 4. The van der Waals surface area contributed by atoms with E-state index in [1.807, 2.05) is 0 Å². The molecule has 33 heavy (non-hydrogen) atoms. The number of alkyl halides is 2. The number of aromatic nitrogens is 2. The number of guanidine groups is 1. The van der Waals surface area contributed by atoms with Gasteiger partial charge in [-0.15, -0.1) is 0 Å². The van der Waals surface area contributed by atoms with E-state index in [-0.39, 0.29) is 37.1 Å². The van der Waals surface area contributed by atoms with E-state index in [0.717, 1.165) is 24.1 Å². The van der Waals surface area contributed by atoms with Crippen molar-refractivity contribution in [2.75, 3.05) is 38.7 Å². The molecule has 2 aromatic rings. The number of likely N-dealkylation sites (N-methyl/N-ethyl adjacent to an activating group) is 1. The fourth-order valence-electron chi connectivity index (χ4n) is 3.34. The van der Waals surface area contributed by atoms with Crippen molar-refractivity contribution in [3.63, 3.8) is 0 Å². The highest BCUT2D eigenvalue weighted by Gasteiger charge is 2.36. The molecule has 0 saturated carbocycles. The van der Waals surface area contributed by atoms with E-state index in [2.05, 4.69) is 15.3 Å². The summed E-state index contributed by atoms with van der Waals surface area (Å²) in [6, 6.07) is 2.67. The van der Waals surface area contributed by atoms with Gasteiger partial charge >= 0.3 is 0 Å². The minimum Gasteiger partial charge on any atom is -0.479 e. The van der Waals surface area contributed by atoms with E-state index in [1.54, 1.807) is 0 Å². The summed E-state index contributed by atoms with van der Waals surface area (Å²) >= 11 is 0. The normalized spacial score (nSPS) is 17.9. The molecule has 1 amide bonds. The standard InChI is InChI=1S/C20H21F5N6O2/c1-20(24,25)15-14(23)16(33-3)29-19(28-15)31-7-6-27-18(26)30(2)17(32)12(9-31)11-5-4-10(21)8-13(11)22/h4-5,8,12H,6-7,9H2,1-3H3,(H2,26,27)/t12-/m1/s1. The number of anilines is 1. The first kappa shape index (κ1) is 24.1. The summed E-state index contributed by atoms with van der Waals surface area (Å²) in [5.74, 6) is -10.4. The topological polar surface area (TPSA) is 94.4 Å². The molecule has 0 aliphatic carbocycles. The molecule has 1 saturated heterocycles. The Morgan fingerprint density at radius 2 is 1.94 bits per heavy atom. The minimum atomic E-state index is -3.67. The molecule has 0 spiro atoms. The predicted octanol–water partition coefficient (Wildman–Crippen LogP) is 2.60. The molecule has 1 aliphatic rings. The van der Waals surface area contributed by atoms with Crippen molar-refractivity contribution in [3.05, 3.63) is 46.9 Å². The maximum Gasteiger partial charge on any atom is 0.290 e. The summed E-state index contributed by atoms with van der Waals surface area (Å²) in [6.45, 7) is 0.157. The second-order valence-electron chi connectivity index (χ2n) is 7.42. The molecule has 8 nitrogen and oxygen atoms in total. The fraction of sp³-hybridized carbons (Fsp3) is 0.400. The Bertz CT molecular complexity index is 1080. The molecule has 2 heterocycles. The Balaban J connectivity index is 2.13. The van der Waals surface area contributed by atoms with Crippen molar-refractivity contribution in [2.45, 2.75) is 18.8 Å². The zero-order valence-electron chi connectivity index (χ0n) is 17.9. The van der Waals surface area contributed by atoms with Gasteiger partial charge in [0.1, 0.15) is 11.6 Å². The van der Waals surface area contributed by atoms with Gasteiger partial charge in [0.05, 0.1) is 13.0 Å². The second-order valence-corrected chi connectivity index (χ2v) is 7.42. The van der Waals surface area contributed by atoms with E-state index in [4.69, 9.17) is 10.1 Å². The van der Waals surface area contributed by atoms with Crippen LogP contribution in [-0.2, 0) is 10.7 Å². The molecule has 0 radical (unpaired) electrons. The van der Waals surface area contributed by atoms with Gasteiger partial charge in [-0.3, -0.25) is 15.1 Å². The average molecular weight is 472 g/mol. The van der Waals surface area contributed by atoms with Gasteiger partial charge in [0.15, 0.2) is 11.7 Å². The van der Waals surface area contributed by atoms with E-state index < -0.39 is 46.8 Å². The molecule has 0 unspecified atom stereocenters. The lowest BCUT2D eigenvalue weighted by Gasteiger charge is -2.28. The summed E-state index contributed by atoms with van der Waals surface area (Å²) in [5, 5.41) is 10.7. The Kier molecular flexibility index (Phi) is 6.70. The molecular formula is C20H21F5N6O2. The number of carbonyl (C=O) groups excluding carboxylic acids is 1. The van der Waals surface area contributed by atoms with Crippen LogP contribution >= 0.6 is 0 Å². The van der Waals surface area contributed by atoms with Crippen molar-refractivity contribution < 1.29 is 31.5 Å². The number of hydrogen-bond acceptors (Lipinski definition) is 6. The van der Waals surface area contributed by atoms with Crippen LogP contribution < -0.4 is 15.0 Å². The minimum absolute atomic E-state index is 0.0215. The van der Waals surface area contributed by atoms with Crippen molar-refractivity contribution >= 4 is 17.8 Å². The van der Waals surface area contributed by atoms with Gasteiger partial charge in [0, 0.05) is 45.2 Å². The molecule has 2 N–H and O–H groups in total. The first-order valence-electron chi connectivity index (χ1n) is 9.73. The Hall–Kier alpha value is -3.51. The zero-order chi connectivity index (χ0) is 24.5. The number of carbonyl (C=O) groups is 1. The molecule has 0 bridgehead atoms. The van der Waals surface area contributed by atoms with E-state index in [0.29, 0.717) is 13.0 Å². The van der Waals surface area contributed by atoms with Gasteiger partial charge in [-0.05, 0) is 6.07 Å². The van der Waals surface area contributed by atoms with Gasteiger partial charge in [-0.25, -0.2) is 13.8 Å². The first-order chi connectivity index (χ1) is 15.4. The van der Waals surface area contributed by atoms with Crippen LogP contribution in [0.2, 0.25) is 0 Å². The monoisotopic (exact) mass is 472 g/mol. The lowest BCUT2D eigenvalue weighted by Crippen LogP contribution is -2.44. The first-order valence-corrected chi connectivity index (χ1v) is 9.73. The number of ether oxygens (including phenoxy) is 1. The van der Waals surface area contributed by atoms with Gasteiger partial charge in [-0.2, -0.15) is 18.2 Å². The van der Waals surface area contributed by atoms with E-state index in [9.17, 15) is 26.7 Å². The number of hydrogen-bond donors (Lipinski definition) is 2. The number of halogens is 5. The molecule has 1 aliphatic heterocycles. The van der Waals surface area contributed by atoms with Crippen LogP contribution in [0.1, 0.15) is 24.1 Å². The average Bonchev–Trinajstić information content (AvgIpc) is 2.79. The van der Waals surface area contributed by atoms with Gasteiger partial charge < -0.3 is 15.0 Å². The van der Waals surface area contributed by atoms with Crippen molar-refractivity contribution in [1.82, 2.24) is 20.2 Å². The molecule has 178 valence electrons. The van der Waals surface area contributed by atoms with Crippen LogP contribution in [0.4, 0.5) is 27.9 Å². The fourth-order valence-corrected chi connectivity index (χ4v) is 3.34. The van der Waals surface area contributed by atoms with Crippen molar-refractivity contribution in [1.29, 1.82) is 5.41 Å². The van der Waals surface area contributed by atoms with Crippen LogP contribution in [-0.4, -0.2) is 60.5 Å². The largest absolute Gasteiger partial charge is 0.479 e. The van der Waals surface area contributed by atoms with Crippen molar-refractivity contribution in [3.8, 4) is 5.88 Å². The molecule has 1 aromatic heterocycles. The van der Waals surface area contributed by atoms with Crippen molar-refractivity contribution in [2.24, 2.45) is 0 Å². The number of nitrogens with one attached hydrogen (secondary N) is 2. The maximum atomic E-state index is 14.6. The van der Waals surface area contributed by atoms with Crippen LogP contribution in [0, 0.1) is 22.9 Å². The third-order valence-electron chi connectivity index (χ3n) is 5.08. The van der Waals surface area contributed by atoms with Crippen LogP contribution in [0.3, 0.4) is 0 Å². The van der Waals surface area contributed by atoms with Crippen LogP contribution in [0.25, 0.3) is 0 Å². The third-order valence-corrected chi connectivity index (χ3v) is 5.08. The zero-order valence-corrected chi connectivity index (χ0v) is 17.9. The lowest BCUT2D eigenvalue weighted by atomic mass is 9.96. The SMILES string of the molecule is COc1nc(N2CCNC(=N)N(C)C(=O)[C@@H](c3ccc(F)cc3F)C2)nc(C(C)(F)F)c1F. The molecular weight excluding hydrogens is 451 g/mol. The highest BCUT2D eigenvalue weighted by molar-refractivity contribution is 5.98. The lowest BCUT2D eigenvalue weighted by molar-refractivity contribution is -0.128. The van der Waals surface area contributed by atoms with Crippen LogP contribution in [0.15, 0.2) is 18.2 Å². The Labute approximate surface area is 185 Å². The summed E-state index contributed by atoms with van der Waals surface area (Å²) in [7, 11) is 2.35. The number of methoxy groups -OCH3 is 1. The highest BCUT2D eigenvalue weighted by Crippen LogP contribution is 2.33. The second kappa shape index (κ2) is 9.16.